The van der Waals surface area contributed by atoms with Crippen molar-refractivity contribution in [2.24, 2.45) is 0 Å². The fourth-order valence-electron chi connectivity index (χ4n) is 3.12. The van der Waals surface area contributed by atoms with Crippen molar-refractivity contribution in [2.75, 3.05) is 19.7 Å². The Morgan fingerprint density at radius 1 is 1.29 bits per heavy atom. The maximum Gasteiger partial charge on any atom is 0.509 e. The van der Waals surface area contributed by atoms with Crippen LogP contribution in [0.5, 0.6) is 0 Å². The Labute approximate surface area is 137 Å². The zero-order chi connectivity index (χ0) is 16.6. The van der Waals surface area contributed by atoms with Gasteiger partial charge in [0.2, 0.25) is 0 Å². The van der Waals surface area contributed by atoms with Crippen LogP contribution in [0.1, 0.15) is 23.2 Å². The fourth-order valence-corrected chi connectivity index (χ4v) is 3.12. The molecule has 1 N–H and O–H groups in total. The third-order valence-electron chi connectivity index (χ3n) is 4.51. The van der Waals surface area contributed by atoms with E-state index in [0.717, 1.165) is 5.56 Å². The number of hydrogen-bond acceptors (Lipinski definition) is 6. The molecule has 8 nitrogen and oxygen atoms in total. The molecule has 0 saturated carbocycles. The van der Waals surface area contributed by atoms with Gasteiger partial charge in [-0.25, -0.2) is 9.78 Å². The number of nitrogens with zero attached hydrogens (tertiary/aromatic N) is 3. The average Bonchev–Trinajstić information content (AvgIpc) is 3.26. The quantitative estimate of drug-likeness (QED) is 0.841. The summed E-state index contributed by atoms with van der Waals surface area (Å²) in [5.41, 5.74) is 0.847. The second-order valence-corrected chi connectivity index (χ2v) is 6.03. The Balaban J connectivity index is 1.47. The summed E-state index contributed by atoms with van der Waals surface area (Å²) in [4.78, 5) is 29.8. The van der Waals surface area contributed by atoms with Crippen molar-refractivity contribution in [3.05, 3.63) is 36.2 Å². The molecule has 0 unspecified atom stereocenters. The number of carbonyl (C=O) groups excluding carboxylic acids is 2. The number of piperidine rings is 1. The predicted molar refractivity (Wildman–Crippen MR) is 82.1 cm³/mol. The fraction of sp³-hybridized carbons (Fsp3) is 0.375. The molecule has 2 aromatic rings. The smallest absolute Gasteiger partial charge is 0.430 e. The molecule has 2 fully saturated rings. The van der Waals surface area contributed by atoms with Crippen molar-refractivity contribution in [3.8, 4) is 11.4 Å². The van der Waals surface area contributed by atoms with E-state index in [-0.39, 0.29) is 12.5 Å². The van der Waals surface area contributed by atoms with Gasteiger partial charge in [0.15, 0.2) is 11.4 Å². The molecule has 1 spiro atoms. The highest BCUT2D eigenvalue weighted by Gasteiger charge is 2.45. The number of aromatic nitrogens is 3. The number of nitrogens with one attached hydrogen (secondary N) is 1. The Bertz CT molecular complexity index is 766. The summed E-state index contributed by atoms with van der Waals surface area (Å²) >= 11 is 0. The molecule has 4 rings (SSSR count). The molecular formula is C16H16N4O4. The number of hydrogen-bond donors (Lipinski definition) is 1. The van der Waals surface area contributed by atoms with Crippen molar-refractivity contribution >= 4 is 12.1 Å². The van der Waals surface area contributed by atoms with Crippen LogP contribution in [0.15, 0.2) is 30.6 Å². The lowest BCUT2D eigenvalue weighted by atomic mass is 9.92. The van der Waals surface area contributed by atoms with E-state index in [4.69, 9.17) is 9.47 Å². The van der Waals surface area contributed by atoms with Gasteiger partial charge >= 0.3 is 6.16 Å². The first-order valence-corrected chi connectivity index (χ1v) is 7.76. The second kappa shape index (κ2) is 5.63. The van der Waals surface area contributed by atoms with Gasteiger partial charge in [-0.3, -0.25) is 9.89 Å². The van der Waals surface area contributed by atoms with Gasteiger partial charge in [-0.1, -0.05) is 12.1 Å². The SMILES string of the molecule is O=C1OCC2(CCN(C(=O)c3cccc(-c4ncn[nH]4)c3)CC2)O1. The van der Waals surface area contributed by atoms with Crippen molar-refractivity contribution in [2.45, 2.75) is 18.4 Å². The number of aromatic amines is 1. The lowest BCUT2D eigenvalue weighted by Gasteiger charge is -2.36. The maximum atomic E-state index is 12.7. The van der Waals surface area contributed by atoms with Crippen molar-refractivity contribution in [3.63, 3.8) is 0 Å². The normalized spacial score (nSPS) is 19.2. The summed E-state index contributed by atoms with van der Waals surface area (Å²) in [6.45, 7) is 1.33. The summed E-state index contributed by atoms with van der Waals surface area (Å²) in [5, 5.41) is 6.61. The minimum Gasteiger partial charge on any atom is -0.430 e. The first-order valence-electron chi connectivity index (χ1n) is 7.76. The van der Waals surface area contributed by atoms with Gasteiger partial charge in [-0.2, -0.15) is 5.10 Å². The molecule has 0 aliphatic carbocycles. The Morgan fingerprint density at radius 2 is 2.12 bits per heavy atom. The molecule has 8 heteroatoms. The van der Waals surface area contributed by atoms with Gasteiger partial charge in [-0.05, 0) is 12.1 Å². The van der Waals surface area contributed by atoms with Gasteiger partial charge in [0.1, 0.15) is 12.9 Å². The highest BCUT2D eigenvalue weighted by molar-refractivity contribution is 5.95. The van der Waals surface area contributed by atoms with Crippen LogP contribution in [-0.4, -0.2) is 57.4 Å². The third kappa shape index (κ3) is 2.60. The number of benzene rings is 1. The van der Waals surface area contributed by atoms with Gasteiger partial charge in [0, 0.05) is 37.1 Å². The Hall–Kier alpha value is -2.90. The van der Waals surface area contributed by atoms with Crippen LogP contribution in [0.4, 0.5) is 4.79 Å². The van der Waals surface area contributed by atoms with E-state index in [0.29, 0.717) is 37.3 Å². The zero-order valence-electron chi connectivity index (χ0n) is 12.9. The van der Waals surface area contributed by atoms with Crippen LogP contribution in [-0.2, 0) is 9.47 Å². The number of H-pyrrole nitrogens is 1. The monoisotopic (exact) mass is 328 g/mol. The highest BCUT2D eigenvalue weighted by Crippen LogP contribution is 2.32. The van der Waals surface area contributed by atoms with Crippen LogP contribution in [0.25, 0.3) is 11.4 Å². The first-order chi connectivity index (χ1) is 11.7. The summed E-state index contributed by atoms with van der Waals surface area (Å²) < 4.78 is 10.2. The zero-order valence-corrected chi connectivity index (χ0v) is 12.9. The van der Waals surface area contributed by atoms with Crippen molar-refractivity contribution in [1.82, 2.24) is 20.1 Å². The third-order valence-corrected chi connectivity index (χ3v) is 4.51. The number of ether oxygens (including phenoxy) is 2. The van der Waals surface area contributed by atoms with Gasteiger partial charge in [-0.15, -0.1) is 0 Å². The topological polar surface area (TPSA) is 97.4 Å². The van der Waals surface area contributed by atoms with E-state index in [1.165, 1.54) is 6.33 Å². The van der Waals surface area contributed by atoms with Gasteiger partial charge < -0.3 is 14.4 Å². The van der Waals surface area contributed by atoms with E-state index in [9.17, 15) is 9.59 Å². The summed E-state index contributed by atoms with van der Waals surface area (Å²) in [5.74, 6) is 0.578. The van der Waals surface area contributed by atoms with E-state index < -0.39 is 11.8 Å². The van der Waals surface area contributed by atoms with E-state index >= 15 is 0 Å². The number of carbonyl (C=O) groups is 2. The number of rotatable bonds is 2. The lowest BCUT2D eigenvalue weighted by molar-refractivity contribution is 0.00281. The number of amides is 1. The molecule has 1 aromatic heterocycles. The molecule has 2 aliphatic heterocycles. The summed E-state index contributed by atoms with van der Waals surface area (Å²) in [6.07, 6.45) is 1.99. The standard InChI is InChI=1S/C16H16N4O4/c21-14(12-3-1-2-11(8-12)13-17-10-18-19-13)20-6-4-16(5-7-20)9-23-15(22)24-16/h1-3,8,10H,4-7,9H2,(H,17,18,19). The minimum absolute atomic E-state index is 0.0449. The lowest BCUT2D eigenvalue weighted by Crippen LogP contribution is -2.48. The van der Waals surface area contributed by atoms with E-state index in [1.807, 2.05) is 12.1 Å². The molecule has 0 bridgehead atoms. The molecule has 0 atom stereocenters. The van der Waals surface area contributed by atoms with Crippen molar-refractivity contribution < 1.29 is 19.1 Å². The first kappa shape index (κ1) is 14.7. The molecule has 0 radical (unpaired) electrons. The number of cyclic esters (lactones) is 1. The Kier molecular flexibility index (Phi) is 3.44. The molecule has 1 aromatic carbocycles. The number of likely N-dealkylation sites (tertiary alicyclic amines) is 1. The highest BCUT2D eigenvalue weighted by atomic mass is 16.8. The van der Waals surface area contributed by atoms with Crippen LogP contribution in [0, 0.1) is 0 Å². The van der Waals surface area contributed by atoms with Gasteiger partial charge in [0.05, 0.1) is 0 Å². The molecule has 3 heterocycles. The van der Waals surface area contributed by atoms with Crippen LogP contribution in [0.3, 0.4) is 0 Å². The average molecular weight is 328 g/mol. The van der Waals surface area contributed by atoms with Crippen LogP contribution < -0.4 is 0 Å². The predicted octanol–water partition coefficient (Wildman–Crippen LogP) is 1.61. The second-order valence-electron chi connectivity index (χ2n) is 6.03. The largest absolute Gasteiger partial charge is 0.509 e. The van der Waals surface area contributed by atoms with E-state index in [2.05, 4.69) is 15.2 Å². The Morgan fingerprint density at radius 3 is 2.79 bits per heavy atom. The summed E-state index contributed by atoms with van der Waals surface area (Å²) in [6, 6.07) is 7.28. The molecule has 1 amide bonds. The van der Waals surface area contributed by atoms with Gasteiger partial charge in [0.25, 0.3) is 5.91 Å². The molecular weight excluding hydrogens is 312 g/mol. The van der Waals surface area contributed by atoms with Crippen LogP contribution in [0.2, 0.25) is 0 Å². The maximum absolute atomic E-state index is 12.7. The molecule has 2 aliphatic rings. The van der Waals surface area contributed by atoms with Crippen LogP contribution >= 0.6 is 0 Å². The summed E-state index contributed by atoms with van der Waals surface area (Å²) in [7, 11) is 0. The molecule has 2 saturated heterocycles. The molecule has 24 heavy (non-hydrogen) atoms. The van der Waals surface area contributed by atoms with E-state index in [1.54, 1.807) is 17.0 Å². The van der Waals surface area contributed by atoms with Crippen molar-refractivity contribution in [1.29, 1.82) is 0 Å². The minimum atomic E-state index is -0.616. The molecule has 124 valence electrons.